The number of carbonyl (C=O) groups is 2. The number of hydrogen-bond acceptors (Lipinski definition) is 6. The molecule has 2 aliphatic rings. The van der Waals surface area contributed by atoms with E-state index in [4.69, 9.17) is 9.47 Å². The van der Waals surface area contributed by atoms with Crippen LogP contribution < -0.4 is 15.4 Å². The van der Waals surface area contributed by atoms with Crippen LogP contribution in [0.4, 0.5) is 4.39 Å². The van der Waals surface area contributed by atoms with Gasteiger partial charge in [-0.2, -0.15) is 0 Å². The maximum absolute atomic E-state index is 14.0. The summed E-state index contributed by atoms with van der Waals surface area (Å²) in [5.41, 5.74) is 3.48. The molecule has 37 heavy (non-hydrogen) atoms. The smallest absolute Gasteiger partial charge is 0.255 e. The Labute approximate surface area is 214 Å². The Hall–Kier alpha value is -3.53. The van der Waals surface area contributed by atoms with Gasteiger partial charge in [0, 0.05) is 36.5 Å². The zero-order valence-electron chi connectivity index (χ0n) is 21.1. The highest BCUT2D eigenvalue weighted by molar-refractivity contribution is 6.09. The SMILES string of the molecule is COCC(=O)N[C@H]1CC[C@H](NC(=O)c2c(C)[nH]c3c(-c4ccc(F)cc4OCC4CC4)ncnc23)CC1. The predicted octanol–water partition coefficient (Wildman–Crippen LogP) is 3.66. The monoisotopic (exact) mass is 509 g/mol. The third-order valence-electron chi connectivity index (χ3n) is 7.07. The summed E-state index contributed by atoms with van der Waals surface area (Å²) in [6.07, 6.45) is 6.78. The number of benzene rings is 1. The van der Waals surface area contributed by atoms with Crippen LogP contribution in [0.3, 0.4) is 0 Å². The van der Waals surface area contributed by atoms with Gasteiger partial charge in [0.1, 0.15) is 35.7 Å². The van der Waals surface area contributed by atoms with Gasteiger partial charge in [0.05, 0.1) is 17.7 Å². The van der Waals surface area contributed by atoms with Crippen LogP contribution >= 0.6 is 0 Å². The van der Waals surface area contributed by atoms with Crippen molar-refractivity contribution in [1.29, 1.82) is 0 Å². The molecule has 2 aliphatic carbocycles. The van der Waals surface area contributed by atoms with E-state index in [1.807, 2.05) is 6.92 Å². The molecule has 10 heteroatoms. The molecule has 2 amide bonds. The molecule has 0 atom stereocenters. The minimum atomic E-state index is -0.379. The van der Waals surface area contributed by atoms with E-state index in [1.54, 1.807) is 6.07 Å². The first-order valence-electron chi connectivity index (χ1n) is 12.8. The maximum atomic E-state index is 14.0. The van der Waals surface area contributed by atoms with Crippen molar-refractivity contribution in [3.05, 3.63) is 41.6 Å². The lowest BCUT2D eigenvalue weighted by molar-refractivity contribution is -0.125. The first-order valence-corrected chi connectivity index (χ1v) is 12.8. The molecule has 2 saturated carbocycles. The first kappa shape index (κ1) is 25.1. The summed E-state index contributed by atoms with van der Waals surface area (Å²) in [4.78, 5) is 37.3. The molecule has 0 spiro atoms. The van der Waals surface area contributed by atoms with E-state index in [2.05, 4.69) is 25.6 Å². The molecule has 0 bridgehead atoms. The molecule has 2 aromatic heterocycles. The number of ether oxygens (including phenoxy) is 2. The zero-order valence-corrected chi connectivity index (χ0v) is 21.1. The number of fused-ring (bicyclic) bond motifs is 1. The topological polar surface area (TPSA) is 118 Å². The fourth-order valence-corrected chi connectivity index (χ4v) is 4.95. The standard InChI is InChI=1S/C27H32FN5O4/c1-15-23(27(35)33-19-8-6-18(7-9-19)32-22(34)13-36-2)25-26(31-15)24(29-14-30-25)20-10-5-17(28)11-21(20)37-12-16-3-4-16/h5,10-11,14,16,18-19,31H,3-4,6-9,12-13H2,1-2H3,(H,32,34)(H,33,35)/t18-,19-. The van der Waals surface area contributed by atoms with Crippen molar-refractivity contribution in [3.63, 3.8) is 0 Å². The molecular formula is C27H32FN5O4. The summed E-state index contributed by atoms with van der Waals surface area (Å²) in [6, 6.07) is 4.51. The zero-order chi connectivity index (χ0) is 25.9. The van der Waals surface area contributed by atoms with Crippen LogP contribution in [0.25, 0.3) is 22.3 Å². The number of nitrogens with zero attached hydrogens (tertiary/aromatic N) is 2. The number of aromatic amines is 1. The average Bonchev–Trinajstić information content (AvgIpc) is 3.64. The van der Waals surface area contributed by atoms with E-state index in [-0.39, 0.29) is 36.3 Å². The molecule has 196 valence electrons. The highest BCUT2D eigenvalue weighted by Crippen LogP contribution is 2.36. The van der Waals surface area contributed by atoms with Crippen molar-refractivity contribution >= 4 is 22.8 Å². The lowest BCUT2D eigenvalue weighted by Crippen LogP contribution is -2.44. The fourth-order valence-electron chi connectivity index (χ4n) is 4.95. The van der Waals surface area contributed by atoms with Crippen molar-refractivity contribution in [2.75, 3.05) is 20.3 Å². The molecule has 9 nitrogen and oxygen atoms in total. The van der Waals surface area contributed by atoms with E-state index in [0.717, 1.165) is 38.5 Å². The number of halogens is 1. The molecular weight excluding hydrogens is 477 g/mol. The Balaban J connectivity index is 1.33. The molecule has 0 aliphatic heterocycles. The quantitative estimate of drug-likeness (QED) is 0.405. The summed E-state index contributed by atoms with van der Waals surface area (Å²) in [5, 5.41) is 6.11. The van der Waals surface area contributed by atoms with Crippen LogP contribution in [0.1, 0.15) is 54.6 Å². The molecule has 5 rings (SSSR count). The summed E-state index contributed by atoms with van der Waals surface area (Å²) in [5.74, 6) is 0.239. The largest absolute Gasteiger partial charge is 0.492 e. The first-order chi connectivity index (χ1) is 17.9. The van der Waals surface area contributed by atoms with E-state index in [0.29, 0.717) is 51.8 Å². The van der Waals surface area contributed by atoms with E-state index in [1.165, 1.54) is 25.6 Å². The van der Waals surface area contributed by atoms with Gasteiger partial charge in [-0.1, -0.05) is 0 Å². The third-order valence-corrected chi connectivity index (χ3v) is 7.07. The molecule has 0 unspecified atom stereocenters. The summed E-state index contributed by atoms with van der Waals surface area (Å²) < 4.78 is 24.9. The van der Waals surface area contributed by atoms with Crippen molar-refractivity contribution < 1.29 is 23.5 Å². The number of aromatic nitrogens is 3. The fraction of sp³-hybridized carbons (Fsp3) is 0.481. The highest BCUT2D eigenvalue weighted by atomic mass is 19.1. The average molecular weight is 510 g/mol. The van der Waals surface area contributed by atoms with Crippen LogP contribution in [0.15, 0.2) is 24.5 Å². The number of amides is 2. The van der Waals surface area contributed by atoms with Crippen molar-refractivity contribution in [2.45, 2.75) is 57.5 Å². The van der Waals surface area contributed by atoms with Crippen LogP contribution in [-0.2, 0) is 9.53 Å². The normalized spacial score (nSPS) is 19.5. The summed E-state index contributed by atoms with van der Waals surface area (Å²) in [7, 11) is 1.49. The molecule has 2 heterocycles. The Morgan fingerprint density at radius 1 is 1.08 bits per heavy atom. The van der Waals surface area contributed by atoms with Gasteiger partial charge in [-0.3, -0.25) is 9.59 Å². The van der Waals surface area contributed by atoms with E-state index >= 15 is 0 Å². The second-order valence-electron chi connectivity index (χ2n) is 9.99. The molecule has 2 fully saturated rings. The minimum Gasteiger partial charge on any atom is -0.492 e. The van der Waals surface area contributed by atoms with Crippen LogP contribution in [0.5, 0.6) is 5.75 Å². The third kappa shape index (κ3) is 5.74. The minimum absolute atomic E-state index is 0.00765. The summed E-state index contributed by atoms with van der Waals surface area (Å²) >= 11 is 0. The Morgan fingerprint density at radius 3 is 2.51 bits per heavy atom. The van der Waals surface area contributed by atoms with Crippen molar-refractivity contribution in [1.82, 2.24) is 25.6 Å². The maximum Gasteiger partial charge on any atom is 0.255 e. The number of hydrogen-bond donors (Lipinski definition) is 3. The van der Waals surface area contributed by atoms with Gasteiger partial charge in [0.15, 0.2) is 0 Å². The lowest BCUT2D eigenvalue weighted by Gasteiger charge is -2.29. The van der Waals surface area contributed by atoms with Gasteiger partial charge < -0.3 is 25.1 Å². The van der Waals surface area contributed by atoms with E-state index in [9.17, 15) is 14.0 Å². The van der Waals surface area contributed by atoms with Crippen LogP contribution in [-0.4, -0.2) is 59.2 Å². The lowest BCUT2D eigenvalue weighted by atomic mass is 9.91. The number of rotatable bonds is 9. The Kier molecular flexibility index (Phi) is 7.36. The highest BCUT2D eigenvalue weighted by Gasteiger charge is 2.27. The van der Waals surface area contributed by atoms with Crippen LogP contribution in [0, 0.1) is 18.7 Å². The van der Waals surface area contributed by atoms with Crippen LogP contribution in [0.2, 0.25) is 0 Å². The van der Waals surface area contributed by atoms with Crippen molar-refractivity contribution in [2.24, 2.45) is 5.92 Å². The number of H-pyrrole nitrogens is 1. The number of carbonyl (C=O) groups excluding carboxylic acids is 2. The molecule has 0 radical (unpaired) electrons. The van der Waals surface area contributed by atoms with Gasteiger partial charge in [-0.05, 0) is 63.5 Å². The van der Waals surface area contributed by atoms with Crippen molar-refractivity contribution in [3.8, 4) is 17.0 Å². The Bertz CT molecular complexity index is 1300. The van der Waals surface area contributed by atoms with Gasteiger partial charge in [-0.15, -0.1) is 0 Å². The van der Waals surface area contributed by atoms with Gasteiger partial charge in [-0.25, -0.2) is 14.4 Å². The molecule has 3 N–H and O–H groups in total. The number of nitrogens with one attached hydrogen (secondary N) is 3. The molecule has 1 aromatic carbocycles. The summed E-state index contributed by atoms with van der Waals surface area (Å²) in [6.45, 7) is 2.42. The number of methoxy groups -OCH3 is 1. The van der Waals surface area contributed by atoms with E-state index < -0.39 is 0 Å². The second kappa shape index (κ2) is 10.8. The molecule has 0 saturated heterocycles. The predicted molar refractivity (Wildman–Crippen MR) is 136 cm³/mol. The second-order valence-corrected chi connectivity index (χ2v) is 9.99. The number of aryl methyl sites for hydroxylation is 1. The Morgan fingerprint density at radius 2 is 1.81 bits per heavy atom. The van der Waals surface area contributed by atoms with Gasteiger partial charge in [0.25, 0.3) is 5.91 Å². The molecule has 3 aromatic rings. The van der Waals surface area contributed by atoms with Gasteiger partial charge in [0.2, 0.25) is 5.91 Å². The van der Waals surface area contributed by atoms with Gasteiger partial charge >= 0.3 is 0 Å².